The highest BCUT2D eigenvalue weighted by Crippen LogP contribution is 2.33. The lowest BCUT2D eigenvalue weighted by Crippen LogP contribution is -2.10. The molecule has 124 valence electrons. The predicted molar refractivity (Wildman–Crippen MR) is 90.1 cm³/mol. The van der Waals surface area contributed by atoms with Crippen molar-refractivity contribution in [3.8, 4) is 11.5 Å². The highest BCUT2D eigenvalue weighted by atomic mass is 32.1. The molecule has 2 aromatic rings. The van der Waals surface area contributed by atoms with Gasteiger partial charge in [-0.05, 0) is 18.2 Å². The lowest BCUT2D eigenvalue weighted by atomic mass is 9.98. The second kappa shape index (κ2) is 6.58. The number of nitrogens with zero attached hydrogens (tertiary/aromatic N) is 1. The van der Waals surface area contributed by atoms with Crippen LogP contribution >= 0.6 is 11.3 Å². The first-order chi connectivity index (χ1) is 10.8. The summed E-state index contributed by atoms with van der Waals surface area (Å²) in [5, 5.41) is 10.3. The topological polar surface area (TPSA) is 68.7 Å². The third-order valence-electron chi connectivity index (χ3n) is 3.38. The normalized spacial score (nSPS) is 11.3. The number of ether oxygens (including phenoxy) is 2. The average Bonchev–Trinajstić information content (AvgIpc) is 2.91. The van der Waals surface area contributed by atoms with E-state index in [1.165, 1.54) is 11.3 Å². The van der Waals surface area contributed by atoms with Crippen LogP contribution in [0.3, 0.4) is 0 Å². The van der Waals surface area contributed by atoms with Gasteiger partial charge in [-0.1, -0.05) is 20.8 Å². The molecule has 0 aliphatic heterocycles. The Morgan fingerprint density at radius 1 is 1.26 bits per heavy atom. The van der Waals surface area contributed by atoms with Gasteiger partial charge in [0, 0.05) is 17.4 Å². The number of methoxy groups -OCH3 is 2. The summed E-state index contributed by atoms with van der Waals surface area (Å²) in [7, 11) is 3.18. The summed E-state index contributed by atoms with van der Waals surface area (Å²) in [5.74, 6) is 0.436. The molecule has 23 heavy (non-hydrogen) atoms. The Labute approximate surface area is 139 Å². The highest BCUT2D eigenvalue weighted by molar-refractivity contribution is 7.13. The number of aromatic nitrogens is 1. The van der Waals surface area contributed by atoms with Gasteiger partial charge in [0.05, 0.1) is 24.9 Å². The summed E-state index contributed by atoms with van der Waals surface area (Å²) >= 11 is 1.23. The Bertz CT molecular complexity index is 716. The molecule has 1 aromatic heterocycles. The van der Waals surface area contributed by atoms with E-state index in [-0.39, 0.29) is 10.3 Å². The minimum Gasteiger partial charge on any atom is -0.497 e. The zero-order chi connectivity index (χ0) is 17.2. The molecule has 0 fully saturated rings. The summed E-state index contributed by atoms with van der Waals surface area (Å²) in [5.41, 5.74) is 1.21. The van der Waals surface area contributed by atoms with Crippen LogP contribution in [0.4, 0.5) is 0 Å². The minimum atomic E-state index is -0.949. The number of hydrogen-bond donors (Lipinski definition) is 1. The van der Waals surface area contributed by atoms with Crippen molar-refractivity contribution in [1.82, 2.24) is 4.98 Å². The van der Waals surface area contributed by atoms with E-state index in [1.807, 2.05) is 39.0 Å². The first-order valence-electron chi connectivity index (χ1n) is 7.20. The summed E-state index contributed by atoms with van der Waals surface area (Å²) in [6, 6.07) is 5.47. The SMILES string of the molecule is COc1ccc(OC)c(Cc2nc(C(C)(C)C)sc2C(=O)O)c1. The smallest absolute Gasteiger partial charge is 0.347 e. The van der Waals surface area contributed by atoms with Gasteiger partial charge in [0.25, 0.3) is 0 Å². The van der Waals surface area contributed by atoms with Crippen LogP contribution in [0.25, 0.3) is 0 Å². The van der Waals surface area contributed by atoms with Gasteiger partial charge < -0.3 is 14.6 Å². The van der Waals surface area contributed by atoms with Crippen molar-refractivity contribution in [2.75, 3.05) is 14.2 Å². The second-order valence-corrected chi connectivity index (χ2v) is 7.20. The predicted octanol–water partition coefficient (Wildman–Crippen LogP) is 3.75. The summed E-state index contributed by atoms with van der Waals surface area (Å²) in [6.07, 6.45) is 0.384. The van der Waals surface area contributed by atoms with Crippen LogP contribution in [0.2, 0.25) is 0 Å². The van der Waals surface area contributed by atoms with Crippen LogP contribution in [0, 0.1) is 0 Å². The molecule has 0 unspecified atom stereocenters. The molecule has 0 spiro atoms. The molecule has 5 nitrogen and oxygen atoms in total. The Hall–Kier alpha value is -2.08. The van der Waals surface area contributed by atoms with Crippen molar-refractivity contribution >= 4 is 17.3 Å². The zero-order valence-electron chi connectivity index (χ0n) is 14.0. The van der Waals surface area contributed by atoms with Crippen LogP contribution in [0.5, 0.6) is 11.5 Å². The van der Waals surface area contributed by atoms with Gasteiger partial charge in [-0.2, -0.15) is 0 Å². The molecule has 0 aliphatic carbocycles. The van der Waals surface area contributed by atoms with E-state index in [0.717, 1.165) is 10.6 Å². The molecule has 2 rings (SSSR count). The van der Waals surface area contributed by atoms with Crippen LogP contribution < -0.4 is 9.47 Å². The number of thiazole rings is 1. The second-order valence-electron chi connectivity index (χ2n) is 6.20. The van der Waals surface area contributed by atoms with Crippen molar-refractivity contribution in [2.45, 2.75) is 32.6 Å². The molecular formula is C17H21NO4S. The number of carboxylic acids is 1. The molecule has 0 radical (unpaired) electrons. The summed E-state index contributed by atoms with van der Waals surface area (Å²) in [4.78, 5) is 16.4. The van der Waals surface area contributed by atoms with Crippen LogP contribution in [0.1, 0.15) is 46.7 Å². The van der Waals surface area contributed by atoms with Crippen molar-refractivity contribution in [2.24, 2.45) is 0 Å². The number of aromatic carboxylic acids is 1. The van der Waals surface area contributed by atoms with Gasteiger partial charge in [-0.3, -0.25) is 0 Å². The third-order valence-corrected chi connectivity index (χ3v) is 4.89. The fourth-order valence-electron chi connectivity index (χ4n) is 2.16. The lowest BCUT2D eigenvalue weighted by molar-refractivity contribution is 0.0701. The molecule has 0 saturated heterocycles. The van der Waals surface area contributed by atoms with Crippen LogP contribution in [-0.2, 0) is 11.8 Å². The van der Waals surface area contributed by atoms with E-state index in [9.17, 15) is 9.90 Å². The Morgan fingerprint density at radius 3 is 2.48 bits per heavy atom. The minimum absolute atomic E-state index is 0.189. The molecule has 1 heterocycles. The first-order valence-corrected chi connectivity index (χ1v) is 8.02. The Kier molecular flexibility index (Phi) is 4.94. The maximum atomic E-state index is 11.5. The van der Waals surface area contributed by atoms with Gasteiger partial charge in [-0.25, -0.2) is 9.78 Å². The van der Waals surface area contributed by atoms with E-state index in [4.69, 9.17) is 9.47 Å². The van der Waals surface area contributed by atoms with Crippen molar-refractivity contribution < 1.29 is 19.4 Å². The number of rotatable bonds is 5. The van der Waals surface area contributed by atoms with Gasteiger partial charge in [0.1, 0.15) is 16.4 Å². The monoisotopic (exact) mass is 335 g/mol. The fourth-order valence-corrected chi connectivity index (χ4v) is 3.14. The summed E-state index contributed by atoms with van der Waals surface area (Å²) in [6.45, 7) is 6.06. The molecule has 0 aliphatic rings. The number of carbonyl (C=O) groups is 1. The van der Waals surface area contributed by atoms with E-state index in [0.29, 0.717) is 23.6 Å². The Morgan fingerprint density at radius 2 is 1.96 bits per heavy atom. The molecule has 0 atom stereocenters. The molecule has 0 amide bonds. The third kappa shape index (κ3) is 3.82. The van der Waals surface area contributed by atoms with Gasteiger partial charge >= 0.3 is 5.97 Å². The zero-order valence-corrected chi connectivity index (χ0v) is 14.8. The summed E-state index contributed by atoms with van der Waals surface area (Å²) < 4.78 is 10.6. The van der Waals surface area contributed by atoms with Crippen LogP contribution in [0.15, 0.2) is 18.2 Å². The fraction of sp³-hybridized carbons (Fsp3) is 0.412. The quantitative estimate of drug-likeness (QED) is 0.901. The average molecular weight is 335 g/mol. The van der Waals surface area contributed by atoms with Gasteiger partial charge in [0.15, 0.2) is 0 Å². The van der Waals surface area contributed by atoms with Crippen molar-refractivity contribution in [3.63, 3.8) is 0 Å². The van der Waals surface area contributed by atoms with E-state index < -0.39 is 5.97 Å². The maximum Gasteiger partial charge on any atom is 0.347 e. The number of benzene rings is 1. The lowest BCUT2D eigenvalue weighted by Gasteiger charge is -2.13. The standard InChI is InChI=1S/C17H21NO4S/c1-17(2,3)16-18-12(14(23-16)15(19)20)9-10-8-11(21-4)6-7-13(10)22-5/h6-8H,9H2,1-5H3,(H,19,20). The number of hydrogen-bond acceptors (Lipinski definition) is 5. The largest absolute Gasteiger partial charge is 0.497 e. The van der Waals surface area contributed by atoms with Crippen molar-refractivity contribution in [1.29, 1.82) is 0 Å². The van der Waals surface area contributed by atoms with Crippen molar-refractivity contribution in [3.05, 3.63) is 39.3 Å². The van der Waals surface area contributed by atoms with E-state index in [2.05, 4.69) is 4.98 Å². The molecule has 0 saturated carbocycles. The number of carboxylic acid groups (broad SMARTS) is 1. The molecule has 6 heteroatoms. The van der Waals surface area contributed by atoms with Crippen LogP contribution in [-0.4, -0.2) is 30.3 Å². The molecular weight excluding hydrogens is 314 g/mol. The molecule has 1 N–H and O–H groups in total. The molecule has 1 aromatic carbocycles. The maximum absolute atomic E-state index is 11.5. The Balaban J connectivity index is 2.47. The van der Waals surface area contributed by atoms with E-state index >= 15 is 0 Å². The highest BCUT2D eigenvalue weighted by Gasteiger charge is 2.25. The van der Waals surface area contributed by atoms with Gasteiger partial charge in [0.2, 0.25) is 0 Å². The van der Waals surface area contributed by atoms with E-state index in [1.54, 1.807) is 14.2 Å². The molecule has 0 bridgehead atoms. The first kappa shape index (κ1) is 17.3. The van der Waals surface area contributed by atoms with Gasteiger partial charge in [-0.15, -0.1) is 11.3 Å².